The Balaban J connectivity index is 2.08. The lowest BCUT2D eigenvalue weighted by molar-refractivity contribution is 0.979. The van der Waals surface area contributed by atoms with Gasteiger partial charge in [-0.25, -0.2) is 4.98 Å². The number of hydrogen-bond acceptors (Lipinski definition) is 3. The summed E-state index contributed by atoms with van der Waals surface area (Å²) < 4.78 is 2.00. The molecule has 6 heteroatoms. The molecule has 0 radical (unpaired) electrons. The lowest BCUT2D eigenvalue weighted by atomic mass is 10.1. The average Bonchev–Trinajstić information content (AvgIpc) is 2.94. The summed E-state index contributed by atoms with van der Waals surface area (Å²) in [5.41, 5.74) is 6.46. The van der Waals surface area contributed by atoms with Crippen LogP contribution >= 0.6 is 12.2 Å². The summed E-state index contributed by atoms with van der Waals surface area (Å²) in [4.78, 5) is 4.70. The number of hydrazone groups is 1. The largest absolute Gasteiger partial charge is 0.364 e. The highest BCUT2D eigenvalue weighted by Gasteiger charge is 2.11. The highest BCUT2D eigenvalue weighted by atomic mass is 32.1. The molecule has 3 rings (SSSR count). The van der Waals surface area contributed by atoms with Gasteiger partial charge in [0.2, 0.25) is 0 Å². The van der Waals surface area contributed by atoms with E-state index in [0.29, 0.717) is 5.11 Å². The first-order chi connectivity index (χ1) is 10.8. The van der Waals surface area contributed by atoms with Crippen molar-refractivity contribution in [1.82, 2.24) is 20.1 Å². The van der Waals surface area contributed by atoms with Gasteiger partial charge in [0.05, 0.1) is 17.6 Å². The fourth-order valence-corrected chi connectivity index (χ4v) is 2.21. The average molecular weight is 309 g/mol. The summed E-state index contributed by atoms with van der Waals surface area (Å²) in [5, 5.41) is 7.46. The SMILES string of the molecule is CNC(=S)N/N=C/c1c(-c2ccccc2)nc2ccccn12. The quantitative estimate of drug-likeness (QED) is 0.443. The minimum Gasteiger partial charge on any atom is -0.364 e. The van der Waals surface area contributed by atoms with Crippen molar-refractivity contribution in [2.45, 2.75) is 0 Å². The van der Waals surface area contributed by atoms with Crippen LogP contribution in [0.2, 0.25) is 0 Å². The molecule has 110 valence electrons. The Hall–Kier alpha value is -2.73. The number of nitrogens with one attached hydrogen (secondary N) is 2. The molecule has 0 unspecified atom stereocenters. The number of pyridine rings is 1. The summed E-state index contributed by atoms with van der Waals surface area (Å²) in [6.07, 6.45) is 3.69. The summed E-state index contributed by atoms with van der Waals surface area (Å²) >= 11 is 5.01. The zero-order chi connectivity index (χ0) is 15.4. The lowest BCUT2D eigenvalue weighted by Crippen LogP contribution is -2.28. The van der Waals surface area contributed by atoms with Crippen LogP contribution in [0.5, 0.6) is 0 Å². The molecule has 3 aromatic rings. The van der Waals surface area contributed by atoms with Gasteiger partial charge in [-0.1, -0.05) is 36.4 Å². The van der Waals surface area contributed by atoms with Crippen LogP contribution < -0.4 is 10.7 Å². The Labute approximate surface area is 133 Å². The smallest absolute Gasteiger partial charge is 0.186 e. The second-order valence-corrected chi connectivity index (χ2v) is 5.00. The van der Waals surface area contributed by atoms with Crippen LogP contribution in [-0.2, 0) is 0 Å². The number of fused-ring (bicyclic) bond motifs is 1. The number of thiocarbonyl (C=S) groups is 1. The molecule has 0 aliphatic rings. The molecule has 0 spiro atoms. The monoisotopic (exact) mass is 309 g/mol. The van der Waals surface area contributed by atoms with E-state index in [1.165, 1.54) is 0 Å². The van der Waals surface area contributed by atoms with Crippen molar-refractivity contribution in [3.8, 4) is 11.3 Å². The number of nitrogens with zero attached hydrogens (tertiary/aromatic N) is 3. The molecule has 0 bridgehead atoms. The molecule has 0 aliphatic carbocycles. The van der Waals surface area contributed by atoms with Gasteiger partial charge in [0, 0.05) is 18.8 Å². The Morgan fingerprint density at radius 3 is 2.73 bits per heavy atom. The van der Waals surface area contributed by atoms with Crippen LogP contribution in [-0.4, -0.2) is 27.8 Å². The molecule has 0 fully saturated rings. The summed E-state index contributed by atoms with van der Waals surface area (Å²) in [6.45, 7) is 0. The molecule has 0 saturated heterocycles. The number of benzene rings is 1. The van der Waals surface area contributed by atoms with Gasteiger partial charge in [0.25, 0.3) is 0 Å². The maximum absolute atomic E-state index is 5.01. The number of imidazole rings is 1. The normalized spacial score (nSPS) is 11.0. The van der Waals surface area contributed by atoms with Gasteiger partial charge in [0.1, 0.15) is 5.65 Å². The van der Waals surface area contributed by atoms with E-state index in [2.05, 4.69) is 15.8 Å². The molecule has 2 aromatic heterocycles. The third kappa shape index (κ3) is 2.82. The first-order valence-electron chi connectivity index (χ1n) is 6.83. The maximum Gasteiger partial charge on any atom is 0.186 e. The topological polar surface area (TPSA) is 53.7 Å². The molecule has 22 heavy (non-hydrogen) atoms. The van der Waals surface area contributed by atoms with Gasteiger partial charge in [-0.3, -0.25) is 9.83 Å². The zero-order valence-corrected chi connectivity index (χ0v) is 12.8. The zero-order valence-electron chi connectivity index (χ0n) is 12.0. The molecule has 2 heterocycles. The fraction of sp³-hybridized carbons (Fsp3) is 0.0625. The van der Waals surface area contributed by atoms with E-state index in [0.717, 1.165) is 22.6 Å². The fourth-order valence-electron chi connectivity index (χ4n) is 2.15. The molecule has 0 aliphatic heterocycles. The molecule has 1 aromatic carbocycles. The maximum atomic E-state index is 5.01. The second-order valence-electron chi connectivity index (χ2n) is 4.59. The highest BCUT2D eigenvalue weighted by molar-refractivity contribution is 7.80. The van der Waals surface area contributed by atoms with Crippen LogP contribution in [0.15, 0.2) is 59.8 Å². The van der Waals surface area contributed by atoms with E-state index >= 15 is 0 Å². The van der Waals surface area contributed by atoms with E-state index in [-0.39, 0.29) is 0 Å². The minimum absolute atomic E-state index is 0.464. The van der Waals surface area contributed by atoms with Gasteiger partial charge in [-0.15, -0.1) is 0 Å². The molecule has 2 N–H and O–H groups in total. The predicted molar refractivity (Wildman–Crippen MR) is 93.0 cm³/mol. The van der Waals surface area contributed by atoms with Gasteiger partial charge in [0.15, 0.2) is 5.11 Å². The van der Waals surface area contributed by atoms with Gasteiger partial charge < -0.3 is 5.32 Å². The standard InChI is InChI=1S/C16H15N5S/c1-17-16(22)20-18-11-13-15(12-7-3-2-4-8-12)19-14-9-5-6-10-21(13)14/h2-11H,1H3,(H2,17,20,22)/b18-11+. The third-order valence-electron chi connectivity index (χ3n) is 3.19. The number of rotatable bonds is 3. The summed E-state index contributed by atoms with van der Waals surface area (Å²) in [6, 6.07) is 15.9. The Bertz CT molecular complexity index is 823. The van der Waals surface area contributed by atoms with Crippen LogP contribution in [0.3, 0.4) is 0 Å². The van der Waals surface area contributed by atoms with Crippen molar-refractivity contribution in [1.29, 1.82) is 0 Å². The highest BCUT2D eigenvalue weighted by Crippen LogP contribution is 2.22. The molecule has 0 atom stereocenters. The van der Waals surface area contributed by atoms with Crippen LogP contribution in [0.1, 0.15) is 5.69 Å². The van der Waals surface area contributed by atoms with Crippen LogP contribution in [0.25, 0.3) is 16.9 Å². The summed E-state index contributed by atoms with van der Waals surface area (Å²) in [5.74, 6) is 0. The molecule has 5 nitrogen and oxygen atoms in total. The predicted octanol–water partition coefficient (Wildman–Crippen LogP) is 2.43. The molecular weight excluding hydrogens is 294 g/mol. The van der Waals surface area contributed by atoms with E-state index in [4.69, 9.17) is 17.2 Å². The van der Waals surface area contributed by atoms with E-state index in [1.807, 2.05) is 59.1 Å². The Morgan fingerprint density at radius 1 is 1.18 bits per heavy atom. The van der Waals surface area contributed by atoms with Crippen molar-refractivity contribution in [2.75, 3.05) is 7.05 Å². The van der Waals surface area contributed by atoms with E-state index < -0.39 is 0 Å². The number of aromatic nitrogens is 2. The van der Waals surface area contributed by atoms with Crippen molar-refractivity contribution in [2.24, 2.45) is 5.10 Å². The van der Waals surface area contributed by atoms with Gasteiger partial charge >= 0.3 is 0 Å². The van der Waals surface area contributed by atoms with Crippen molar-refractivity contribution in [3.05, 3.63) is 60.4 Å². The van der Waals surface area contributed by atoms with Gasteiger partial charge in [-0.05, 0) is 24.4 Å². The van der Waals surface area contributed by atoms with Gasteiger partial charge in [-0.2, -0.15) is 5.10 Å². The molecule has 0 amide bonds. The van der Waals surface area contributed by atoms with Crippen molar-refractivity contribution in [3.63, 3.8) is 0 Å². The second kappa shape index (κ2) is 6.36. The number of hydrogen-bond donors (Lipinski definition) is 2. The molecular formula is C16H15N5S. The van der Waals surface area contributed by atoms with Crippen LogP contribution in [0.4, 0.5) is 0 Å². The van der Waals surface area contributed by atoms with E-state index in [9.17, 15) is 0 Å². The first kappa shape index (κ1) is 14.2. The molecule has 0 saturated carbocycles. The first-order valence-corrected chi connectivity index (χ1v) is 7.23. The van der Waals surface area contributed by atoms with Crippen molar-refractivity contribution >= 4 is 29.2 Å². The van der Waals surface area contributed by atoms with Crippen molar-refractivity contribution < 1.29 is 0 Å². The van der Waals surface area contributed by atoms with E-state index in [1.54, 1.807) is 13.3 Å². The Kier molecular flexibility index (Phi) is 4.11. The summed E-state index contributed by atoms with van der Waals surface area (Å²) in [7, 11) is 1.74. The lowest BCUT2D eigenvalue weighted by Gasteiger charge is -2.02. The minimum atomic E-state index is 0.464. The van der Waals surface area contributed by atoms with Crippen LogP contribution in [0, 0.1) is 0 Å². The Morgan fingerprint density at radius 2 is 1.95 bits per heavy atom. The third-order valence-corrected chi connectivity index (χ3v) is 3.49.